The van der Waals surface area contributed by atoms with Gasteiger partial charge in [0.1, 0.15) is 0 Å². The van der Waals surface area contributed by atoms with Gasteiger partial charge in [-0.3, -0.25) is 9.78 Å². The minimum atomic E-state index is 0.00692. The van der Waals surface area contributed by atoms with Gasteiger partial charge in [-0.05, 0) is 40.9 Å². The quantitative estimate of drug-likeness (QED) is 0.933. The van der Waals surface area contributed by atoms with Crippen LogP contribution in [0, 0.1) is 6.92 Å². The first-order valence-electron chi connectivity index (χ1n) is 6.10. The third kappa shape index (κ3) is 4.17. The second-order valence-electron chi connectivity index (χ2n) is 4.39. The third-order valence-corrected chi connectivity index (χ3v) is 3.44. The summed E-state index contributed by atoms with van der Waals surface area (Å²) in [6.45, 7) is 2.05. The Hall–Kier alpha value is -1.68. The van der Waals surface area contributed by atoms with Gasteiger partial charge in [-0.1, -0.05) is 29.8 Å². The monoisotopic (exact) mass is 318 g/mol. The van der Waals surface area contributed by atoms with Crippen LogP contribution in [0.5, 0.6) is 0 Å². The summed E-state index contributed by atoms with van der Waals surface area (Å²) in [6.07, 6.45) is 4.53. The number of carbonyl (C=O) groups is 1. The average molecular weight is 319 g/mol. The number of carbonyl (C=O) groups excluding carboxylic acids is 1. The Kier molecular flexibility index (Phi) is 4.68. The van der Waals surface area contributed by atoms with Gasteiger partial charge in [-0.25, -0.2) is 0 Å². The normalized spacial score (nSPS) is 10.2. The summed E-state index contributed by atoms with van der Waals surface area (Å²) >= 11 is 3.35. The smallest absolute Gasteiger partial charge is 0.224 e. The number of benzene rings is 1. The molecule has 1 aromatic heterocycles. The molecule has 3 nitrogen and oxygen atoms in total. The van der Waals surface area contributed by atoms with Gasteiger partial charge in [0, 0.05) is 18.8 Å². The maximum Gasteiger partial charge on any atom is 0.224 e. The lowest BCUT2D eigenvalue weighted by Gasteiger charge is -2.07. The first-order chi connectivity index (χ1) is 9.15. The Balaban J connectivity index is 1.88. The lowest BCUT2D eigenvalue weighted by atomic mass is 10.1. The zero-order valence-electron chi connectivity index (χ0n) is 10.7. The Labute approximate surface area is 121 Å². The number of halogens is 1. The maximum atomic E-state index is 11.9. The largest absolute Gasteiger partial charge is 0.325 e. The van der Waals surface area contributed by atoms with Crippen LogP contribution in [-0.4, -0.2) is 10.9 Å². The fourth-order valence-corrected chi connectivity index (χ4v) is 2.05. The molecule has 0 fully saturated rings. The highest BCUT2D eigenvalue weighted by molar-refractivity contribution is 9.10. The molecule has 1 amide bonds. The van der Waals surface area contributed by atoms with Gasteiger partial charge in [0.15, 0.2) is 0 Å². The number of pyridine rings is 1. The highest BCUT2D eigenvalue weighted by atomic mass is 79.9. The van der Waals surface area contributed by atoms with Crippen LogP contribution in [0.3, 0.4) is 0 Å². The summed E-state index contributed by atoms with van der Waals surface area (Å²) in [5, 5.41) is 2.87. The molecule has 2 rings (SSSR count). The predicted octanol–water partition coefficient (Wildman–Crippen LogP) is 3.72. The molecule has 2 aromatic rings. The molecule has 0 aliphatic heterocycles. The summed E-state index contributed by atoms with van der Waals surface area (Å²) < 4.78 is 0.790. The van der Waals surface area contributed by atoms with Crippen LogP contribution in [0.1, 0.15) is 17.5 Å². The molecule has 19 heavy (non-hydrogen) atoms. The molecule has 4 heteroatoms. The topological polar surface area (TPSA) is 42.0 Å². The van der Waals surface area contributed by atoms with Crippen molar-refractivity contribution >= 4 is 27.5 Å². The molecule has 0 unspecified atom stereocenters. The zero-order chi connectivity index (χ0) is 13.7. The van der Waals surface area contributed by atoms with Crippen molar-refractivity contribution in [3.05, 3.63) is 58.3 Å². The number of aromatic nitrogens is 1. The van der Waals surface area contributed by atoms with Gasteiger partial charge in [0.05, 0.1) is 10.2 Å². The highest BCUT2D eigenvalue weighted by Crippen LogP contribution is 2.20. The van der Waals surface area contributed by atoms with E-state index in [1.54, 1.807) is 18.5 Å². The van der Waals surface area contributed by atoms with E-state index in [0.29, 0.717) is 6.42 Å². The average Bonchev–Trinajstić information content (AvgIpc) is 2.41. The Bertz CT molecular complexity index is 567. The first-order valence-corrected chi connectivity index (χ1v) is 6.89. The van der Waals surface area contributed by atoms with Crippen LogP contribution < -0.4 is 5.32 Å². The number of nitrogens with zero attached hydrogens (tertiary/aromatic N) is 1. The Morgan fingerprint density at radius 1 is 1.26 bits per heavy atom. The van der Waals surface area contributed by atoms with Crippen molar-refractivity contribution in [3.63, 3.8) is 0 Å². The molecule has 0 atom stereocenters. The minimum Gasteiger partial charge on any atom is -0.325 e. The SMILES string of the molecule is Cc1ccc(CCC(=O)Nc2ccncc2Br)cc1. The standard InChI is InChI=1S/C15H15BrN2O/c1-11-2-4-12(5-3-11)6-7-15(19)18-14-8-9-17-10-13(14)16/h2-5,8-10H,6-7H2,1H3,(H,17,18,19). The first kappa shape index (κ1) is 13.7. The highest BCUT2D eigenvalue weighted by Gasteiger charge is 2.05. The predicted molar refractivity (Wildman–Crippen MR) is 80.1 cm³/mol. The molecule has 0 radical (unpaired) electrons. The second kappa shape index (κ2) is 6.48. The molecule has 98 valence electrons. The van der Waals surface area contributed by atoms with Gasteiger partial charge in [0.2, 0.25) is 5.91 Å². The van der Waals surface area contributed by atoms with E-state index in [2.05, 4.69) is 57.4 Å². The van der Waals surface area contributed by atoms with Gasteiger partial charge >= 0.3 is 0 Å². The summed E-state index contributed by atoms with van der Waals surface area (Å²) in [7, 11) is 0. The molecular weight excluding hydrogens is 304 g/mol. The summed E-state index contributed by atoms with van der Waals surface area (Å²) in [5.41, 5.74) is 3.16. The lowest BCUT2D eigenvalue weighted by Crippen LogP contribution is -2.12. The Morgan fingerprint density at radius 2 is 2.00 bits per heavy atom. The van der Waals surface area contributed by atoms with E-state index in [4.69, 9.17) is 0 Å². The van der Waals surface area contributed by atoms with Crippen molar-refractivity contribution in [3.8, 4) is 0 Å². The summed E-state index contributed by atoms with van der Waals surface area (Å²) in [6, 6.07) is 10.0. The van der Waals surface area contributed by atoms with E-state index in [1.165, 1.54) is 11.1 Å². The van der Waals surface area contributed by atoms with Crippen LogP contribution in [0.2, 0.25) is 0 Å². The number of anilines is 1. The van der Waals surface area contributed by atoms with Crippen molar-refractivity contribution in [2.45, 2.75) is 19.8 Å². The van der Waals surface area contributed by atoms with Gasteiger partial charge in [-0.2, -0.15) is 0 Å². The van der Waals surface area contributed by atoms with Crippen molar-refractivity contribution < 1.29 is 4.79 Å². The van der Waals surface area contributed by atoms with Gasteiger partial charge in [-0.15, -0.1) is 0 Å². The molecule has 0 spiro atoms. The minimum absolute atomic E-state index is 0.00692. The van der Waals surface area contributed by atoms with E-state index >= 15 is 0 Å². The number of amides is 1. The number of hydrogen-bond acceptors (Lipinski definition) is 2. The van der Waals surface area contributed by atoms with E-state index < -0.39 is 0 Å². The molecule has 1 N–H and O–H groups in total. The number of hydrogen-bond donors (Lipinski definition) is 1. The van der Waals surface area contributed by atoms with Crippen LogP contribution >= 0.6 is 15.9 Å². The fourth-order valence-electron chi connectivity index (χ4n) is 1.70. The van der Waals surface area contributed by atoms with Crippen LogP contribution in [0.15, 0.2) is 47.2 Å². The summed E-state index contributed by atoms with van der Waals surface area (Å²) in [4.78, 5) is 15.8. The number of rotatable bonds is 4. The van der Waals surface area contributed by atoms with E-state index in [9.17, 15) is 4.79 Å². The molecule has 0 saturated carbocycles. The van der Waals surface area contributed by atoms with E-state index in [-0.39, 0.29) is 5.91 Å². The van der Waals surface area contributed by atoms with Crippen LogP contribution in [-0.2, 0) is 11.2 Å². The van der Waals surface area contributed by atoms with Crippen LogP contribution in [0.4, 0.5) is 5.69 Å². The summed E-state index contributed by atoms with van der Waals surface area (Å²) in [5.74, 6) is 0.00692. The Morgan fingerprint density at radius 3 is 2.68 bits per heavy atom. The zero-order valence-corrected chi connectivity index (χ0v) is 12.3. The van der Waals surface area contributed by atoms with Crippen LogP contribution in [0.25, 0.3) is 0 Å². The molecule has 1 heterocycles. The van der Waals surface area contributed by atoms with Gasteiger partial charge in [0.25, 0.3) is 0 Å². The van der Waals surface area contributed by atoms with E-state index in [1.807, 2.05) is 0 Å². The molecule has 0 aliphatic rings. The van der Waals surface area contributed by atoms with Crippen molar-refractivity contribution in [1.82, 2.24) is 4.98 Å². The second-order valence-corrected chi connectivity index (χ2v) is 5.24. The maximum absolute atomic E-state index is 11.9. The number of aryl methyl sites for hydroxylation is 2. The van der Waals surface area contributed by atoms with Crippen molar-refractivity contribution in [1.29, 1.82) is 0 Å². The number of nitrogens with one attached hydrogen (secondary N) is 1. The fraction of sp³-hybridized carbons (Fsp3) is 0.200. The molecule has 0 bridgehead atoms. The van der Waals surface area contributed by atoms with E-state index in [0.717, 1.165) is 16.6 Å². The lowest BCUT2D eigenvalue weighted by molar-refractivity contribution is -0.116. The van der Waals surface area contributed by atoms with Crippen molar-refractivity contribution in [2.75, 3.05) is 5.32 Å². The molecule has 0 aliphatic carbocycles. The van der Waals surface area contributed by atoms with Gasteiger partial charge < -0.3 is 5.32 Å². The molecule has 0 saturated heterocycles. The molecular formula is C15H15BrN2O. The molecule has 1 aromatic carbocycles. The van der Waals surface area contributed by atoms with Crippen molar-refractivity contribution in [2.24, 2.45) is 0 Å². The third-order valence-electron chi connectivity index (χ3n) is 2.81.